The highest BCUT2D eigenvalue weighted by atomic mass is 28.3. The lowest BCUT2D eigenvalue weighted by Gasteiger charge is -2.42. The molecule has 1 aromatic heterocycles. The number of hydrogen-bond donors (Lipinski definition) is 0. The highest BCUT2D eigenvalue weighted by Gasteiger charge is 2.47. The Kier molecular flexibility index (Phi) is 7.49. The van der Waals surface area contributed by atoms with Gasteiger partial charge in [-0.1, -0.05) is 170 Å². The van der Waals surface area contributed by atoms with Crippen LogP contribution in [0.1, 0.15) is 57.6 Å². The van der Waals surface area contributed by atoms with Crippen LogP contribution in [0.5, 0.6) is 0 Å². The van der Waals surface area contributed by atoms with Gasteiger partial charge in [0.1, 0.15) is 0 Å². The molecule has 4 aliphatic rings. The van der Waals surface area contributed by atoms with Gasteiger partial charge in [0.2, 0.25) is 0 Å². The molecule has 1 nitrogen and oxygen atoms in total. The molecular weight excluding hydrogens is 655 g/mol. The third kappa shape index (κ3) is 4.81. The Morgan fingerprint density at radius 2 is 1.43 bits per heavy atom. The maximum Gasteiger partial charge on any atom is 0.151 e. The van der Waals surface area contributed by atoms with Gasteiger partial charge in [-0.15, -0.1) is 0 Å². The second-order valence-corrected chi connectivity index (χ2v) is 20.2. The molecule has 5 aromatic carbocycles. The normalized spacial score (nSPS) is 19.5. The first-order valence-electron chi connectivity index (χ1n) is 19.4. The molecule has 0 spiro atoms. The fourth-order valence-corrected chi connectivity index (χ4v) is 15.9. The molecule has 4 aliphatic carbocycles. The first kappa shape index (κ1) is 32.2. The summed E-state index contributed by atoms with van der Waals surface area (Å²) in [5, 5.41) is 7.35. The molecule has 0 radical (unpaired) electrons. The van der Waals surface area contributed by atoms with E-state index in [4.69, 9.17) is 0 Å². The maximum absolute atomic E-state index is 2.61. The first-order chi connectivity index (χ1) is 26.0. The van der Waals surface area contributed by atoms with E-state index in [-0.39, 0.29) is 5.41 Å². The van der Waals surface area contributed by atoms with Crippen molar-refractivity contribution in [2.75, 3.05) is 0 Å². The van der Waals surface area contributed by atoms with Crippen LogP contribution in [0.4, 0.5) is 0 Å². The van der Waals surface area contributed by atoms with Crippen molar-refractivity contribution in [1.82, 2.24) is 4.57 Å². The van der Waals surface area contributed by atoms with Crippen LogP contribution in [-0.2, 0) is 5.41 Å². The molecule has 0 N–H and O–H groups in total. The molecule has 258 valence electrons. The van der Waals surface area contributed by atoms with Crippen molar-refractivity contribution >= 4 is 46.0 Å². The average molecular weight is 700 g/mol. The van der Waals surface area contributed by atoms with E-state index in [0.717, 1.165) is 25.7 Å². The summed E-state index contributed by atoms with van der Waals surface area (Å²) in [6, 6.07) is 42.5. The Labute approximate surface area is 314 Å². The van der Waals surface area contributed by atoms with Crippen molar-refractivity contribution in [3.05, 3.63) is 186 Å². The van der Waals surface area contributed by atoms with E-state index in [0.29, 0.717) is 5.54 Å². The minimum Gasteiger partial charge on any atom is -0.313 e. The first-order valence-corrected chi connectivity index (χ1v) is 21.5. The van der Waals surface area contributed by atoms with E-state index in [1.165, 1.54) is 76.8 Å². The Hall–Kier alpha value is -5.44. The molecule has 0 bridgehead atoms. The van der Waals surface area contributed by atoms with Crippen molar-refractivity contribution < 1.29 is 0 Å². The molecular formula is C51H45NSi. The third-order valence-electron chi connectivity index (χ3n) is 12.8. The number of aromatic nitrogens is 1. The Morgan fingerprint density at radius 1 is 0.660 bits per heavy atom. The average Bonchev–Trinajstić information content (AvgIpc) is 3.86. The van der Waals surface area contributed by atoms with Gasteiger partial charge < -0.3 is 4.57 Å². The smallest absolute Gasteiger partial charge is 0.151 e. The zero-order valence-electron chi connectivity index (χ0n) is 30.9. The lowest BCUT2D eigenvalue weighted by Crippen LogP contribution is -2.63. The Bertz CT molecular complexity index is 2650. The van der Waals surface area contributed by atoms with Crippen LogP contribution < -0.4 is 10.4 Å². The van der Waals surface area contributed by atoms with Crippen molar-refractivity contribution in [2.45, 2.75) is 57.4 Å². The molecule has 0 saturated carbocycles. The van der Waals surface area contributed by atoms with Crippen molar-refractivity contribution in [2.24, 2.45) is 0 Å². The predicted octanol–water partition coefficient (Wildman–Crippen LogP) is 12.2. The second-order valence-electron chi connectivity index (χ2n) is 16.0. The van der Waals surface area contributed by atoms with Crippen LogP contribution in [0.15, 0.2) is 175 Å². The quantitative estimate of drug-likeness (QED) is 0.153. The monoisotopic (exact) mass is 699 g/mol. The van der Waals surface area contributed by atoms with E-state index in [9.17, 15) is 0 Å². The molecule has 10 rings (SSSR count). The fraction of sp³-hybridized carbons (Fsp3) is 0.176. The summed E-state index contributed by atoms with van der Waals surface area (Å²) in [5.41, 5.74) is 14.0. The van der Waals surface area contributed by atoms with Crippen LogP contribution in [0.3, 0.4) is 0 Å². The van der Waals surface area contributed by atoms with Crippen LogP contribution in [-0.4, -0.2) is 12.6 Å². The zero-order valence-corrected chi connectivity index (χ0v) is 31.9. The Morgan fingerprint density at radius 3 is 2.23 bits per heavy atom. The Balaban J connectivity index is 1.19. The summed E-state index contributed by atoms with van der Waals surface area (Å²) < 4.78 is 2.52. The predicted molar refractivity (Wildman–Crippen MR) is 230 cm³/mol. The van der Waals surface area contributed by atoms with Gasteiger partial charge in [0.15, 0.2) is 8.07 Å². The molecule has 2 atom stereocenters. The van der Waals surface area contributed by atoms with E-state index in [2.05, 4.69) is 189 Å². The molecule has 0 aliphatic heterocycles. The lowest BCUT2D eigenvalue weighted by atomic mass is 9.82. The summed E-state index contributed by atoms with van der Waals surface area (Å²) in [5.74, 6) is 0. The highest BCUT2D eigenvalue weighted by molar-refractivity contribution is 7.08. The van der Waals surface area contributed by atoms with Crippen LogP contribution in [0, 0.1) is 0 Å². The number of allylic oxidation sites excluding steroid dienone is 12. The molecule has 0 fully saturated rings. The highest BCUT2D eigenvalue weighted by Crippen LogP contribution is 2.52. The van der Waals surface area contributed by atoms with Gasteiger partial charge in [0.05, 0.1) is 11.0 Å². The molecule has 2 unspecified atom stereocenters. The minimum atomic E-state index is -2.57. The van der Waals surface area contributed by atoms with Gasteiger partial charge in [-0.25, -0.2) is 0 Å². The summed E-state index contributed by atoms with van der Waals surface area (Å²) in [6.07, 6.45) is 25.5. The van der Waals surface area contributed by atoms with Crippen LogP contribution >= 0.6 is 0 Å². The van der Waals surface area contributed by atoms with E-state index in [1.807, 2.05) is 0 Å². The number of benzene rings is 5. The van der Waals surface area contributed by atoms with Gasteiger partial charge in [0, 0.05) is 28.3 Å². The summed E-state index contributed by atoms with van der Waals surface area (Å²) in [6.45, 7) is 6.99. The molecule has 6 aromatic rings. The van der Waals surface area contributed by atoms with Gasteiger partial charge in [0.25, 0.3) is 0 Å². The molecule has 2 heteroatoms. The molecule has 53 heavy (non-hydrogen) atoms. The van der Waals surface area contributed by atoms with Crippen LogP contribution in [0.25, 0.3) is 49.8 Å². The standard InChI is InChI=1S/C51H45NSi/c1-35-25-28-37(33-35)52-48-24-13-11-19-43(48)45-34-41(31-32-49(45)52)53(38-15-6-4-7-16-38,39-17-8-5-9-18-39)40-29-26-36(27-30-40)42-21-14-23-47-50(42)44-20-10-12-22-46(44)51(47,2)3/h4-8,10-15,17,19-32,34,38H,9,16,18,33H2,1-3H3. The van der Waals surface area contributed by atoms with Crippen molar-refractivity contribution in [3.63, 3.8) is 0 Å². The maximum atomic E-state index is 2.61. The fourth-order valence-electron chi connectivity index (χ4n) is 10.3. The SMILES string of the molecule is CC1=CC=C(n2c3ccccc3c3cc([Si](C4=CC=CCC4)(c4ccc(-c5cccc6c5-c5ccccc5C6(C)C)cc4)C4C=CC=CC4)ccc32)C1. The molecule has 0 saturated heterocycles. The molecule has 1 heterocycles. The van der Waals surface area contributed by atoms with Gasteiger partial charge in [-0.05, 0) is 93.7 Å². The summed E-state index contributed by atoms with van der Waals surface area (Å²) in [7, 11) is -2.57. The van der Waals surface area contributed by atoms with Crippen LogP contribution in [0.2, 0.25) is 5.54 Å². The van der Waals surface area contributed by atoms with Crippen molar-refractivity contribution in [3.8, 4) is 22.3 Å². The minimum absolute atomic E-state index is 0.0167. The van der Waals surface area contributed by atoms with E-state index >= 15 is 0 Å². The second kappa shape index (κ2) is 12.3. The van der Waals surface area contributed by atoms with E-state index in [1.54, 1.807) is 5.20 Å². The lowest BCUT2D eigenvalue weighted by molar-refractivity contribution is 0.660. The number of para-hydroxylation sites is 1. The topological polar surface area (TPSA) is 4.93 Å². The van der Waals surface area contributed by atoms with Gasteiger partial charge in [-0.3, -0.25) is 0 Å². The summed E-state index contributed by atoms with van der Waals surface area (Å²) in [4.78, 5) is 0. The summed E-state index contributed by atoms with van der Waals surface area (Å²) >= 11 is 0. The molecule has 0 amide bonds. The van der Waals surface area contributed by atoms with E-state index < -0.39 is 8.07 Å². The van der Waals surface area contributed by atoms with Gasteiger partial charge in [-0.2, -0.15) is 0 Å². The largest absolute Gasteiger partial charge is 0.313 e. The van der Waals surface area contributed by atoms with Crippen molar-refractivity contribution in [1.29, 1.82) is 0 Å². The number of fused-ring (bicyclic) bond motifs is 6. The van der Waals surface area contributed by atoms with Gasteiger partial charge >= 0.3 is 0 Å². The zero-order chi connectivity index (χ0) is 35.7. The number of rotatable bonds is 6. The number of hydrogen-bond acceptors (Lipinski definition) is 0. The number of nitrogens with zero attached hydrogens (tertiary/aromatic N) is 1. The third-order valence-corrected chi connectivity index (χ3v) is 18.2.